The lowest BCUT2D eigenvalue weighted by Gasteiger charge is -2.22. The zero-order chi connectivity index (χ0) is 12.3. The Hall–Kier alpha value is -1.02. The van der Waals surface area contributed by atoms with E-state index in [0.717, 1.165) is 5.69 Å². The largest absolute Gasteiger partial charge is 0.399 e. The molecule has 0 fully saturated rings. The normalized spacial score (nSPS) is 20.2. The second kappa shape index (κ2) is 5.54. The summed E-state index contributed by atoms with van der Waals surface area (Å²) < 4.78 is 0. The summed E-state index contributed by atoms with van der Waals surface area (Å²) in [5.74, 6) is 0. The molecule has 17 heavy (non-hydrogen) atoms. The van der Waals surface area contributed by atoms with Gasteiger partial charge < -0.3 is 11.1 Å². The highest BCUT2D eigenvalue weighted by atomic mass is 15.0. The Morgan fingerprint density at radius 3 is 2.94 bits per heavy atom. The Balaban J connectivity index is 2.06. The third-order valence-corrected chi connectivity index (χ3v) is 3.81. The first-order valence-electron chi connectivity index (χ1n) is 6.89. The summed E-state index contributed by atoms with van der Waals surface area (Å²) in [5, 5.41) is 3.80. The second-order valence-corrected chi connectivity index (χ2v) is 5.11. The molecule has 0 aromatic heterocycles. The molecule has 0 heterocycles. The zero-order valence-corrected chi connectivity index (χ0v) is 11.0. The highest BCUT2D eigenvalue weighted by Gasteiger charge is 2.23. The fraction of sp³-hybridized carbons (Fsp3) is 0.600. The Morgan fingerprint density at radius 2 is 2.24 bits per heavy atom. The van der Waals surface area contributed by atoms with Crippen LogP contribution in [0.5, 0.6) is 0 Å². The monoisotopic (exact) mass is 232 g/mol. The van der Waals surface area contributed by atoms with Gasteiger partial charge in [0.2, 0.25) is 0 Å². The number of nitrogens with one attached hydrogen (secondary N) is 1. The van der Waals surface area contributed by atoms with E-state index in [0.29, 0.717) is 12.1 Å². The summed E-state index contributed by atoms with van der Waals surface area (Å²) in [5.41, 5.74) is 9.63. The standard InChI is InChI=1S/C15H24N2/c1-3-5-13(4-2)17-15-9-6-11-10-12(16)7-8-14(11)15/h7-8,10,13,15,17H,3-6,9,16H2,1-2H3. The van der Waals surface area contributed by atoms with Crippen molar-refractivity contribution in [2.75, 3.05) is 5.73 Å². The van der Waals surface area contributed by atoms with Crippen molar-refractivity contribution in [1.29, 1.82) is 0 Å². The molecule has 0 saturated carbocycles. The fourth-order valence-electron chi connectivity index (χ4n) is 2.85. The van der Waals surface area contributed by atoms with Crippen LogP contribution in [0.3, 0.4) is 0 Å². The highest BCUT2D eigenvalue weighted by Crippen LogP contribution is 2.33. The van der Waals surface area contributed by atoms with Crippen LogP contribution in [0.1, 0.15) is 56.7 Å². The van der Waals surface area contributed by atoms with Crippen molar-refractivity contribution in [2.24, 2.45) is 0 Å². The smallest absolute Gasteiger partial charge is 0.0328 e. The summed E-state index contributed by atoms with van der Waals surface area (Å²) in [7, 11) is 0. The van der Waals surface area contributed by atoms with Crippen molar-refractivity contribution in [3.8, 4) is 0 Å². The van der Waals surface area contributed by atoms with E-state index in [1.165, 1.54) is 43.2 Å². The Kier molecular flexibility index (Phi) is 4.06. The predicted octanol–water partition coefficient (Wildman–Crippen LogP) is 3.42. The summed E-state index contributed by atoms with van der Waals surface area (Å²) in [6, 6.07) is 7.57. The first-order chi connectivity index (χ1) is 8.24. The molecule has 1 aromatic rings. The molecule has 1 aliphatic rings. The summed E-state index contributed by atoms with van der Waals surface area (Å²) in [4.78, 5) is 0. The first kappa shape index (κ1) is 12.4. The highest BCUT2D eigenvalue weighted by molar-refractivity contribution is 5.47. The van der Waals surface area contributed by atoms with Gasteiger partial charge in [0, 0.05) is 17.8 Å². The molecule has 3 N–H and O–H groups in total. The molecule has 2 nitrogen and oxygen atoms in total. The lowest BCUT2D eigenvalue weighted by Crippen LogP contribution is -2.31. The van der Waals surface area contributed by atoms with Crippen LogP contribution < -0.4 is 11.1 Å². The van der Waals surface area contributed by atoms with Crippen molar-refractivity contribution in [2.45, 2.75) is 58.0 Å². The Bertz CT molecular complexity index is 373. The lowest BCUT2D eigenvalue weighted by molar-refractivity contribution is 0.400. The number of nitrogens with two attached hydrogens (primary N) is 1. The molecule has 2 atom stereocenters. The number of benzene rings is 1. The van der Waals surface area contributed by atoms with Gasteiger partial charge in [0.05, 0.1) is 0 Å². The van der Waals surface area contributed by atoms with Gasteiger partial charge >= 0.3 is 0 Å². The SMILES string of the molecule is CCCC(CC)NC1CCc2cc(N)ccc21. The summed E-state index contributed by atoms with van der Waals surface area (Å²) >= 11 is 0. The second-order valence-electron chi connectivity index (χ2n) is 5.11. The molecule has 1 aliphatic carbocycles. The predicted molar refractivity (Wildman–Crippen MR) is 74.0 cm³/mol. The van der Waals surface area contributed by atoms with Crippen LogP contribution in [0.15, 0.2) is 18.2 Å². The number of hydrogen-bond donors (Lipinski definition) is 2. The number of hydrogen-bond acceptors (Lipinski definition) is 2. The van der Waals surface area contributed by atoms with Crippen LogP contribution in [0.25, 0.3) is 0 Å². The van der Waals surface area contributed by atoms with Crippen LogP contribution in [-0.2, 0) is 6.42 Å². The van der Waals surface area contributed by atoms with E-state index in [9.17, 15) is 0 Å². The maximum atomic E-state index is 5.83. The topological polar surface area (TPSA) is 38.0 Å². The Labute approximate surface area is 105 Å². The van der Waals surface area contributed by atoms with E-state index in [2.05, 4.69) is 31.3 Å². The molecule has 1 aromatic carbocycles. The van der Waals surface area contributed by atoms with Gasteiger partial charge in [-0.05, 0) is 48.9 Å². The van der Waals surface area contributed by atoms with Crippen LogP contribution >= 0.6 is 0 Å². The van der Waals surface area contributed by atoms with Gasteiger partial charge in [0.25, 0.3) is 0 Å². The van der Waals surface area contributed by atoms with Gasteiger partial charge in [0.15, 0.2) is 0 Å². The maximum absolute atomic E-state index is 5.83. The molecule has 0 radical (unpaired) electrons. The number of fused-ring (bicyclic) bond motifs is 1. The molecule has 2 heteroatoms. The minimum atomic E-state index is 0.544. The first-order valence-corrected chi connectivity index (χ1v) is 6.89. The molecule has 0 saturated heterocycles. The van der Waals surface area contributed by atoms with Crippen LogP contribution in [0.2, 0.25) is 0 Å². The minimum Gasteiger partial charge on any atom is -0.399 e. The van der Waals surface area contributed by atoms with Crippen molar-refractivity contribution in [3.63, 3.8) is 0 Å². The molecule has 0 amide bonds. The lowest BCUT2D eigenvalue weighted by atomic mass is 10.0. The minimum absolute atomic E-state index is 0.544. The third-order valence-electron chi connectivity index (χ3n) is 3.81. The molecule has 0 spiro atoms. The van der Waals surface area contributed by atoms with Gasteiger partial charge in [-0.2, -0.15) is 0 Å². The zero-order valence-electron chi connectivity index (χ0n) is 11.0. The van der Waals surface area contributed by atoms with Crippen LogP contribution in [-0.4, -0.2) is 6.04 Å². The van der Waals surface area contributed by atoms with Crippen LogP contribution in [0, 0.1) is 0 Å². The maximum Gasteiger partial charge on any atom is 0.0328 e. The van der Waals surface area contributed by atoms with E-state index < -0.39 is 0 Å². The van der Waals surface area contributed by atoms with E-state index in [-0.39, 0.29) is 0 Å². The average molecular weight is 232 g/mol. The van der Waals surface area contributed by atoms with Crippen LogP contribution in [0.4, 0.5) is 5.69 Å². The Morgan fingerprint density at radius 1 is 1.41 bits per heavy atom. The van der Waals surface area contributed by atoms with E-state index in [1.807, 2.05) is 6.07 Å². The van der Waals surface area contributed by atoms with E-state index >= 15 is 0 Å². The summed E-state index contributed by atoms with van der Waals surface area (Å²) in [6.07, 6.45) is 6.14. The van der Waals surface area contributed by atoms with Crippen molar-refractivity contribution in [1.82, 2.24) is 5.32 Å². The number of anilines is 1. The van der Waals surface area contributed by atoms with Crippen molar-refractivity contribution >= 4 is 5.69 Å². The van der Waals surface area contributed by atoms with Gasteiger partial charge in [-0.15, -0.1) is 0 Å². The fourth-order valence-corrected chi connectivity index (χ4v) is 2.85. The molecule has 2 unspecified atom stereocenters. The summed E-state index contributed by atoms with van der Waals surface area (Å²) in [6.45, 7) is 4.53. The van der Waals surface area contributed by atoms with E-state index in [1.54, 1.807) is 0 Å². The van der Waals surface area contributed by atoms with E-state index in [4.69, 9.17) is 5.73 Å². The number of rotatable bonds is 5. The van der Waals surface area contributed by atoms with Gasteiger partial charge in [-0.3, -0.25) is 0 Å². The molecular formula is C15H24N2. The van der Waals surface area contributed by atoms with Crippen molar-refractivity contribution < 1.29 is 0 Å². The molecular weight excluding hydrogens is 208 g/mol. The third kappa shape index (κ3) is 2.81. The quantitative estimate of drug-likeness (QED) is 0.763. The number of nitrogen functional groups attached to an aromatic ring is 1. The molecule has 94 valence electrons. The van der Waals surface area contributed by atoms with Gasteiger partial charge in [-0.1, -0.05) is 26.3 Å². The van der Waals surface area contributed by atoms with Gasteiger partial charge in [0.1, 0.15) is 0 Å². The number of aryl methyl sites for hydroxylation is 1. The molecule has 0 bridgehead atoms. The molecule has 0 aliphatic heterocycles. The molecule has 2 rings (SSSR count). The van der Waals surface area contributed by atoms with Gasteiger partial charge in [-0.25, -0.2) is 0 Å². The average Bonchev–Trinajstić information content (AvgIpc) is 2.71. The van der Waals surface area contributed by atoms with Crippen molar-refractivity contribution in [3.05, 3.63) is 29.3 Å².